The lowest BCUT2D eigenvalue weighted by Gasteiger charge is -2.10. The highest BCUT2D eigenvalue weighted by atomic mass is 15.1. The Kier molecular flexibility index (Phi) is 8.45. The molecule has 2 heteroatoms. The maximum atomic E-state index is 4.59. The van der Waals surface area contributed by atoms with Crippen molar-refractivity contribution in [3.05, 3.63) is 91.4 Å². The summed E-state index contributed by atoms with van der Waals surface area (Å²) in [6, 6.07) is 0. The Hall–Kier alpha value is -3.13. The van der Waals surface area contributed by atoms with Gasteiger partial charge in [-0.15, -0.1) is 0 Å². The molecule has 0 atom stereocenters. The van der Waals surface area contributed by atoms with E-state index in [4.69, 9.17) is 0 Å². The first kappa shape index (κ1) is 19.9. The van der Waals surface area contributed by atoms with Crippen molar-refractivity contribution in [2.75, 3.05) is 0 Å². The summed E-state index contributed by atoms with van der Waals surface area (Å²) in [5.41, 5.74) is 3.94. The van der Waals surface area contributed by atoms with Crippen LogP contribution in [0.2, 0.25) is 0 Å². The Labute approximate surface area is 151 Å². The minimum Gasteiger partial charge on any atom is -0.294 e. The number of hydrogen-bond acceptors (Lipinski definition) is 1. The Morgan fingerprint density at radius 3 is 1.72 bits per heavy atom. The van der Waals surface area contributed by atoms with Crippen molar-refractivity contribution < 1.29 is 0 Å². The van der Waals surface area contributed by atoms with Crippen molar-refractivity contribution in [3.8, 4) is 0 Å². The maximum absolute atomic E-state index is 4.59. The predicted octanol–water partition coefficient (Wildman–Crippen LogP) is 6.64. The van der Waals surface area contributed by atoms with Crippen LogP contribution in [0.1, 0.15) is 36.4 Å². The molecule has 25 heavy (non-hydrogen) atoms. The molecule has 2 nitrogen and oxygen atoms in total. The van der Waals surface area contributed by atoms with Crippen molar-refractivity contribution in [1.82, 2.24) is 4.57 Å². The van der Waals surface area contributed by atoms with Gasteiger partial charge in [-0.3, -0.25) is 4.57 Å². The number of rotatable bonds is 9. The van der Waals surface area contributed by atoms with Gasteiger partial charge in [0.2, 0.25) is 0 Å². The van der Waals surface area contributed by atoms with Gasteiger partial charge in [-0.2, -0.15) is 0 Å². The fourth-order valence-electron chi connectivity index (χ4n) is 2.44. The standard InChI is InChI=1S/C23H26N2/c1-7-13-16-21-19(10-4)20(11-5)22(17-14-8-2)25(21)23(12-6)24-18-15-9-3/h7-18H,1-2,4-5H2,3,6H3/b15-9-,16-13-,17-14-,23-12+,24-18-. The molecule has 1 aromatic heterocycles. The summed E-state index contributed by atoms with van der Waals surface area (Å²) in [4.78, 5) is 4.59. The molecule has 0 aromatic carbocycles. The molecule has 128 valence electrons. The van der Waals surface area contributed by atoms with Gasteiger partial charge in [0.15, 0.2) is 0 Å². The van der Waals surface area contributed by atoms with Crippen molar-refractivity contribution >= 4 is 36.3 Å². The molecule has 0 saturated carbocycles. The number of hydrogen-bond donors (Lipinski definition) is 0. The highest BCUT2D eigenvalue weighted by molar-refractivity contribution is 5.84. The van der Waals surface area contributed by atoms with Crippen molar-refractivity contribution in [3.63, 3.8) is 0 Å². The third-order valence-corrected chi connectivity index (χ3v) is 3.49. The minimum atomic E-state index is 0.807. The summed E-state index contributed by atoms with van der Waals surface area (Å²) < 4.78 is 2.08. The summed E-state index contributed by atoms with van der Waals surface area (Å²) in [5.74, 6) is 0.807. The SMILES string of the molecule is C=C/C=C\c1c(C=C)c(C=C)c(/C=C\C=C)n1C(=C/C)/N=C\C=C/C. The topological polar surface area (TPSA) is 17.3 Å². The number of allylic oxidation sites excluding steroid dienone is 7. The Morgan fingerprint density at radius 2 is 1.36 bits per heavy atom. The molecule has 0 spiro atoms. The first-order valence-electron chi connectivity index (χ1n) is 8.13. The van der Waals surface area contributed by atoms with Gasteiger partial charge in [-0.25, -0.2) is 4.99 Å². The van der Waals surface area contributed by atoms with Gasteiger partial charge in [-0.1, -0.05) is 68.8 Å². The van der Waals surface area contributed by atoms with E-state index >= 15 is 0 Å². The van der Waals surface area contributed by atoms with Gasteiger partial charge in [0.05, 0.1) is 11.4 Å². The molecule has 0 amide bonds. The second kappa shape index (κ2) is 10.6. The van der Waals surface area contributed by atoms with E-state index in [0.717, 1.165) is 28.3 Å². The van der Waals surface area contributed by atoms with Crippen LogP contribution in [0.25, 0.3) is 30.1 Å². The summed E-state index contributed by atoms with van der Waals surface area (Å²) in [6.07, 6.45) is 22.5. The molecular weight excluding hydrogens is 304 g/mol. The molecule has 0 fully saturated rings. The van der Waals surface area contributed by atoms with Crippen LogP contribution in [0, 0.1) is 0 Å². The van der Waals surface area contributed by atoms with Crippen molar-refractivity contribution in [2.24, 2.45) is 4.99 Å². The minimum absolute atomic E-state index is 0.807. The van der Waals surface area contributed by atoms with Gasteiger partial charge in [0.25, 0.3) is 0 Å². The molecule has 1 aromatic rings. The third kappa shape index (κ3) is 4.67. The summed E-state index contributed by atoms with van der Waals surface area (Å²) in [5, 5.41) is 0. The zero-order chi connectivity index (χ0) is 18.7. The van der Waals surface area contributed by atoms with Crippen LogP contribution in [0.5, 0.6) is 0 Å². The van der Waals surface area contributed by atoms with Gasteiger partial charge in [0, 0.05) is 17.3 Å². The molecule has 0 saturated heterocycles. The molecule has 0 aliphatic heterocycles. The van der Waals surface area contributed by atoms with E-state index < -0.39 is 0 Å². The van der Waals surface area contributed by atoms with Crippen LogP contribution in [-0.2, 0) is 0 Å². The fraction of sp³-hybridized carbons (Fsp3) is 0.0870. The van der Waals surface area contributed by atoms with E-state index in [9.17, 15) is 0 Å². The van der Waals surface area contributed by atoms with Gasteiger partial charge in [-0.05, 0) is 38.2 Å². The lowest BCUT2D eigenvalue weighted by atomic mass is 10.1. The Morgan fingerprint density at radius 1 is 0.840 bits per heavy atom. The second-order valence-corrected chi connectivity index (χ2v) is 4.98. The molecule has 0 unspecified atom stereocenters. The zero-order valence-electron chi connectivity index (χ0n) is 15.2. The number of nitrogens with zero attached hydrogens (tertiary/aromatic N) is 2. The van der Waals surface area contributed by atoms with Gasteiger partial charge in [0.1, 0.15) is 5.82 Å². The van der Waals surface area contributed by atoms with Crippen LogP contribution in [0.15, 0.2) is 73.8 Å². The molecule has 1 rings (SSSR count). The van der Waals surface area contributed by atoms with Gasteiger partial charge >= 0.3 is 0 Å². The predicted molar refractivity (Wildman–Crippen MR) is 116 cm³/mol. The average Bonchev–Trinajstić information content (AvgIpc) is 2.94. The monoisotopic (exact) mass is 330 g/mol. The summed E-state index contributed by atoms with van der Waals surface area (Å²) >= 11 is 0. The molecular formula is C23H26N2. The van der Waals surface area contributed by atoms with E-state index in [1.165, 1.54) is 0 Å². The summed E-state index contributed by atoms with van der Waals surface area (Å²) in [7, 11) is 0. The average molecular weight is 330 g/mol. The fourth-order valence-corrected chi connectivity index (χ4v) is 2.44. The summed E-state index contributed by atoms with van der Waals surface area (Å²) in [6.45, 7) is 19.4. The lowest BCUT2D eigenvalue weighted by Crippen LogP contribution is -2.01. The van der Waals surface area contributed by atoms with Crippen LogP contribution in [-0.4, -0.2) is 10.8 Å². The maximum Gasteiger partial charge on any atom is 0.133 e. The molecule has 0 radical (unpaired) electrons. The van der Waals surface area contributed by atoms with E-state index in [-0.39, 0.29) is 0 Å². The normalized spacial score (nSPS) is 12.6. The van der Waals surface area contributed by atoms with E-state index in [0.29, 0.717) is 0 Å². The van der Waals surface area contributed by atoms with Crippen molar-refractivity contribution in [2.45, 2.75) is 13.8 Å². The van der Waals surface area contributed by atoms with E-state index in [1.54, 1.807) is 18.4 Å². The highest BCUT2D eigenvalue weighted by Gasteiger charge is 2.18. The second-order valence-electron chi connectivity index (χ2n) is 4.98. The number of aliphatic imine (C=N–C) groups is 1. The molecule has 1 heterocycles. The smallest absolute Gasteiger partial charge is 0.133 e. The molecule has 0 bridgehead atoms. The molecule has 0 aliphatic carbocycles. The van der Waals surface area contributed by atoms with Crippen LogP contribution in [0.3, 0.4) is 0 Å². The van der Waals surface area contributed by atoms with E-state index in [2.05, 4.69) is 35.9 Å². The lowest BCUT2D eigenvalue weighted by molar-refractivity contribution is 1.04. The first-order valence-corrected chi connectivity index (χ1v) is 8.13. The quantitative estimate of drug-likeness (QED) is 0.357. The number of aromatic nitrogens is 1. The largest absolute Gasteiger partial charge is 0.294 e. The third-order valence-electron chi connectivity index (χ3n) is 3.49. The zero-order valence-corrected chi connectivity index (χ0v) is 15.2. The van der Waals surface area contributed by atoms with E-state index in [1.807, 2.05) is 68.5 Å². The van der Waals surface area contributed by atoms with Gasteiger partial charge < -0.3 is 0 Å². The molecule has 0 aliphatic rings. The van der Waals surface area contributed by atoms with Crippen LogP contribution in [0.4, 0.5) is 0 Å². The van der Waals surface area contributed by atoms with Crippen LogP contribution < -0.4 is 0 Å². The van der Waals surface area contributed by atoms with Crippen LogP contribution >= 0.6 is 0 Å². The van der Waals surface area contributed by atoms with Crippen molar-refractivity contribution in [1.29, 1.82) is 0 Å². The molecule has 0 N–H and O–H groups in total. The first-order chi connectivity index (χ1) is 12.2. The Bertz CT molecular complexity index is 743. The highest BCUT2D eigenvalue weighted by Crippen LogP contribution is 2.31. The Balaban J connectivity index is 3.88.